The second-order valence-electron chi connectivity index (χ2n) is 8.41. The minimum Gasteiger partial charge on any atom is -0.379 e. The number of fused-ring (bicyclic) bond motifs is 1. The van der Waals surface area contributed by atoms with Crippen LogP contribution in [0.1, 0.15) is 65.5 Å². The van der Waals surface area contributed by atoms with Gasteiger partial charge in [-0.25, -0.2) is 9.67 Å². The van der Waals surface area contributed by atoms with Crippen molar-refractivity contribution in [3.63, 3.8) is 0 Å². The molecule has 0 spiro atoms. The zero-order chi connectivity index (χ0) is 19.3. The van der Waals surface area contributed by atoms with Crippen LogP contribution in [0.15, 0.2) is 4.99 Å². The molecule has 0 aliphatic carbocycles. The average Bonchev–Trinajstić information content (AvgIpc) is 2.98. The maximum Gasteiger partial charge on any atom is 0.191 e. The molecular formula is C19H37IN6O. The SMILES string of the molecule is CCNC(=NCC(OC)C(C)(C)C)NC1CCc2nc(C(C)C)nn2C1.I. The molecule has 0 saturated carbocycles. The molecule has 2 N–H and O–H groups in total. The van der Waals surface area contributed by atoms with Crippen molar-refractivity contribution in [3.8, 4) is 0 Å². The summed E-state index contributed by atoms with van der Waals surface area (Å²) in [6.45, 7) is 15.2. The Kier molecular flexibility index (Phi) is 9.47. The normalized spacial score (nSPS) is 18.7. The lowest BCUT2D eigenvalue weighted by Gasteiger charge is -2.29. The summed E-state index contributed by atoms with van der Waals surface area (Å²) in [7, 11) is 1.76. The first-order valence-corrected chi connectivity index (χ1v) is 9.75. The molecule has 1 aliphatic rings. The van der Waals surface area contributed by atoms with Gasteiger partial charge in [0.25, 0.3) is 0 Å². The largest absolute Gasteiger partial charge is 0.379 e. The summed E-state index contributed by atoms with van der Waals surface area (Å²) < 4.78 is 7.67. The first-order valence-electron chi connectivity index (χ1n) is 9.75. The molecule has 0 fully saturated rings. The zero-order valence-electron chi connectivity index (χ0n) is 17.9. The number of hydrogen-bond acceptors (Lipinski definition) is 4. The Hall–Kier alpha value is -0.900. The van der Waals surface area contributed by atoms with Gasteiger partial charge < -0.3 is 15.4 Å². The number of aliphatic imine (C=N–C) groups is 1. The molecule has 2 atom stereocenters. The number of hydrogen-bond donors (Lipinski definition) is 2. The van der Waals surface area contributed by atoms with Crippen LogP contribution >= 0.6 is 24.0 Å². The number of rotatable bonds is 6. The third-order valence-electron chi connectivity index (χ3n) is 4.74. The van der Waals surface area contributed by atoms with Crippen molar-refractivity contribution in [1.29, 1.82) is 0 Å². The van der Waals surface area contributed by atoms with Gasteiger partial charge in [-0.2, -0.15) is 5.10 Å². The van der Waals surface area contributed by atoms with Gasteiger partial charge >= 0.3 is 0 Å². The lowest BCUT2D eigenvalue weighted by molar-refractivity contribution is 0.0241. The smallest absolute Gasteiger partial charge is 0.191 e. The van der Waals surface area contributed by atoms with Crippen LogP contribution in [0.4, 0.5) is 0 Å². The highest BCUT2D eigenvalue weighted by molar-refractivity contribution is 14.0. The van der Waals surface area contributed by atoms with Crippen LogP contribution in [0.5, 0.6) is 0 Å². The van der Waals surface area contributed by atoms with Crippen LogP contribution in [0, 0.1) is 5.41 Å². The van der Waals surface area contributed by atoms with Crippen LogP contribution < -0.4 is 10.6 Å². The van der Waals surface area contributed by atoms with E-state index in [1.165, 1.54) is 0 Å². The average molecular weight is 492 g/mol. The van der Waals surface area contributed by atoms with Crippen LogP contribution in [-0.4, -0.2) is 53.1 Å². The Morgan fingerprint density at radius 2 is 2.07 bits per heavy atom. The molecule has 156 valence electrons. The molecule has 1 aromatic rings. The molecule has 1 aromatic heterocycles. The van der Waals surface area contributed by atoms with Gasteiger partial charge in [-0.3, -0.25) is 4.99 Å². The molecule has 0 aromatic carbocycles. The van der Waals surface area contributed by atoms with E-state index in [9.17, 15) is 0 Å². The first-order chi connectivity index (χ1) is 12.2. The van der Waals surface area contributed by atoms with Gasteiger partial charge in [-0.1, -0.05) is 34.6 Å². The van der Waals surface area contributed by atoms with Gasteiger partial charge in [0.05, 0.1) is 19.2 Å². The number of aryl methyl sites for hydroxylation is 1. The summed E-state index contributed by atoms with van der Waals surface area (Å²) in [5.74, 6) is 3.24. The number of aromatic nitrogens is 3. The molecule has 1 aliphatic heterocycles. The highest BCUT2D eigenvalue weighted by atomic mass is 127. The molecular weight excluding hydrogens is 455 g/mol. The fraction of sp³-hybridized carbons (Fsp3) is 0.842. The van der Waals surface area contributed by atoms with Crippen LogP contribution in [0.25, 0.3) is 0 Å². The van der Waals surface area contributed by atoms with Gasteiger partial charge in [0.2, 0.25) is 0 Å². The van der Waals surface area contributed by atoms with E-state index in [-0.39, 0.29) is 35.5 Å². The van der Waals surface area contributed by atoms with Gasteiger partial charge in [-0.15, -0.1) is 24.0 Å². The molecule has 8 heteroatoms. The molecule has 2 heterocycles. The minimum absolute atomic E-state index is 0. The number of methoxy groups -OCH3 is 1. The number of ether oxygens (including phenoxy) is 1. The molecule has 0 amide bonds. The maximum atomic E-state index is 5.62. The standard InChI is InChI=1S/C19H36N6O.HI/c1-8-20-18(21-11-15(26-7)19(4,5)6)22-14-9-10-16-23-17(13(2)3)24-25(16)12-14;/h13-15H,8-12H2,1-7H3,(H2,20,21,22);1H. The van der Waals surface area contributed by atoms with Crippen molar-refractivity contribution < 1.29 is 4.74 Å². The van der Waals surface area contributed by atoms with E-state index in [1.807, 2.05) is 4.68 Å². The van der Waals surface area contributed by atoms with Crippen molar-refractivity contribution in [1.82, 2.24) is 25.4 Å². The van der Waals surface area contributed by atoms with Crippen molar-refractivity contribution >= 4 is 29.9 Å². The van der Waals surface area contributed by atoms with Crippen molar-refractivity contribution in [2.75, 3.05) is 20.2 Å². The third kappa shape index (κ3) is 6.89. The van der Waals surface area contributed by atoms with Crippen LogP contribution in [-0.2, 0) is 17.7 Å². The van der Waals surface area contributed by atoms with Gasteiger partial charge in [-0.05, 0) is 18.8 Å². The number of nitrogens with one attached hydrogen (secondary N) is 2. The van der Waals surface area contributed by atoms with Crippen molar-refractivity contribution in [3.05, 3.63) is 11.6 Å². The lowest BCUT2D eigenvalue weighted by atomic mass is 9.89. The topological polar surface area (TPSA) is 76.4 Å². The fourth-order valence-electron chi connectivity index (χ4n) is 3.08. The second kappa shape index (κ2) is 10.6. The molecule has 2 rings (SSSR count). The van der Waals surface area contributed by atoms with E-state index >= 15 is 0 Å². The molecule has 7 nitrogen and oxygen atoms in total. The third-order valence-corrected chi connectivity index (χ3v) is 4.74. The van der Waals surface area contributed by atoms with E-state index in [0.29, 0.717) is 18.5 Å². The highest BCUT2D eigenvalue weighted by Gasteiger charge is 2.25. The van der Waals surface area contributed by atoms with Crippen molar-refractivity contribution in [2.24, 2.45) is 10.4 Å². The zero-order valence-corrected chi connectivity index (χ0v) is 20.2. The summed E-state index contributed by atoms with van der Waals surface area (Å²) in [4.78, 5) is 9.42. The fourth-order valence-corrected chi connectivity index (χ4v) is 3.08. The van der Waals surface area contributed by atoms with E-state index in [0.717, 1.165) is 43.5 Å². The maximum absolute atomic E-state index is 5.62. The monoisotopic (exact) mass is 492 g/mol. The van der Waals surface area contributed by atoms with Gasteiger partial charge in [0, 0.05) is 32.0 Å². The van der Waals surface area contributed by atoms with E-state index < -0.39 is 0 Å². The minimum atomic E-state index is 0. The number of halogens is 1. The summed E-state index contributed by atoms with van der Waals surface area (Å²) in [5, 5.41) is 11.6. The van der Waals surface area contributed by atoms with Crippen LogP contribution in [0.2, 0.25) is 0 Å². The number of nitrogens with zero attached hydrogens (tertiary/aromatic N) is 4. The lowest BCUT2D eigenvalue weighted by Crippen LogP contribution is -2.47. The van der Waals surface area contributed by atoms with E-state index in [1.54, 1.807) is 7.11 Å². The van der Waals surface area contributed by atoms with Gasteiger partial charge in [0.15, 0.2) is 11.8 Å². The summed E-state index contributed by atoms with van der Waals surface area (Å²) in [6, 6.07) is 0.303. The first kappa shape index (κ1) is 24.1. The highest BCUT2D eigenvalue weighted by Crippen LogP contribution is 2.22. The van der Waals surface area contributed by atoms with E-state index in [2.05, 4.69) is 62.3 Å². The Morgan fingerprint density at radius 1 is 1.37 bits per heavy atom. The molecule has 0 radical (unpaired) electrons. The van der Waals surface area contributed by atoms with E-state index in [4.69, 9.17) is 9.73 Å². The number of guanidine groups is 1. The molecule has 27 heavy (non-hydrogen) atoms. The Morgan fingerprint density at radius 3 is 2.63 bits per heavy atom. The Bertz CT molecular complexity index is 608. The molecule has 0 bridgehead atoms. The second-order valence-corrected chi connectivity index (χ2v) is 8.41. The molecule has 2 unspecified atom stereocenters. The summed E-state index contributed by atoms with van der Waals surface area (Å²) in [6.07, 6.45) is 2.06. The van der Waals surface area contributed by atoms with Crippen molar-refractivity contribution in [2.45, 2.75) is 79.0 Å². The summed E-state index contributed by atoms with van der Waals surface area (Å²) in [5.41, 5.74) is 0.0588. The summed E-state index contributed by atoms with van der Waals surface area (Å²) >= 11 is 0. The quantitative estimate of drug-likeness (QED) is 0.363. The van der Waals surface area contributed by atoms with Crippen LogP contribution in [0.3, 0.4) is 0 Å². The Labute approximate surface area is 181 Å². The molecule has 0 saturated heterocycles. The predicted octanol–water partition coefficient (Wildman–Crippen LogP) is 2.95. The predicted molar refractivity (Wildman–Crippen MR) is 121 cm³/mol. The Balaban J connectivity index is 0.00000364. The van der Waals surface area contributed by atoms with Gasteiger partial charge in [0.1, 0.15) is 5.82 Å².